The van der Waals surface area contributed by atoms with Gasteiger partial charge in [0.05, 0.1) is 0 Å². The highest BCUT2D eigenvalue weighted by atomic mass is 19.1. The minimum Gasteiger partial charge on any atom is -0.488 e. The predicted molar refractivity (Wildman–Crippen MR) is 77.6 cm³/mol. The van der Waals surface area contributed by atoms with Crippen molar-refractivity contribution in [2.75, 3.05) is 19.6 Å². The third-order valence-electron chi connectivity index (χ3n) is 4.30. The van der Waals surface area contributed by atoms with Crippen LogP contribution in [0.25, 0.3) is 0 Å². The zero-order chi connectivity index (χ0) is 14.3. The zero-order valence-corrected chi connectivity index (χ0v) is 12.4. The summed E-state index contributed by atoms with van der Waals surface area (Å²) in [5, 5.41) is 3.56. The molecule has 2 heterocycles. The Balaban J connectivity index is 1.65. The molecule has 1 aromatic carbocycles. The molecule has 1 saturated heterocycles. The van der Waals surface area contributed by atoms with Crippen LogP contribution in [0.5, 0.6) is 5.75 Å². The molecule has 1 N–H and O–H groups in total. The first-order valence-corrected chi connectivity index (χ1v) is 7.37. The maximum Gasteiger partial charge on any atom is 0.123 e. The van der Waals surface area contributed by atoms with E-state index in [4.69, 9.17) is 4.74 Å². The van der Waals surface area contributed by atoms with Gasteiger partial charge in [-0.15, -0.1) is 0 Å². The van der Waals surface area contributed by atoms with Crippen LogP contribution in [0.15, 0.2) is 18.2 Å². The summed E-state index contributed by atoms with van der Waals surface area (Å²) in [4.78, 5) is 2.48. The van der Waals surface area contributed by atoms with Crippen molar-refractivity contribution in [3.05, 3.63) is 29.6 Å². The lowest BCUT2D eigenvalue weighted by Crippen LogP contribution is -2.62. The highest BCUT2D eigenvalue weighted by Gasteiger charge is 2.33. The number of ether oxygens (including phenoxy) is 1. The number of fused-ring (bicyclic) bond motifs is 1. The van der Waals surface area contributed by atoms with Crippen molar-refractivity contribution in [1.29, 1.82) is 0 Å². The van der Waals surface area contributed by atoms with Crippen molar-refractivity contribution >= 4 is 0 Å². The summed E-state index contributed by atoms with van der Waals surface area (Å²) >= 11 is 0. The third-order valence-corrected chi connectivity index (χ3v) is 4.30. The molecule has 0 saturated carbocycles. The van der Waals surface area contributed by atoms with Crippen molar-refractivity contribution in [2.45, 2.75) is 44.9 Å². The molecule has 4 heteroatoms. The van der Waals surface area contributed by atoms with Gasteiger partial charge in [0.25, 0.3) is 0 Å². The van der Waals surface area contributed by atoms with Crippen LogP contribution in [-0.4, -0.2) is 42.2 Å². The van der Waals surface area contributed by atoms with E-state index in [0.29, 0.717) is 6.04 Å². The topological polar surface area (TPSA) is 24.5 Å². The molecular weight excluding hydrogens is 255 g/mol. The van der Waals surface area contributed by atoms with Gasteiger partial charge in [0.2, 0.25) is 0 Å². The number of piperazine rings is 1. The van der Waals surface area contributed by atoms with Gasteiger partial charge in [0.15, 0.2) is 0 Å². The molecule has 0 bridgehead atoms. The molecule has 110 valence electrons. The van der Waals surface area contributed by atoms with Gasteiger partial charge in [-0.2, -0.15) is 0 Å². The van der Waals surface area contributed by atoms with Crippen LogP contribution in [0.2, 0.25) is 0 Å². The Labute approximate surface area is 120 Å². The van der Waals surface area contributed by atoms with E-state index in [1.165, 1.54) is 6.07 Å². The molecule has 0 aromatic heterocycles. The lowest BCUT2D eigenvalue weighted by Gasteiger charge is -2.44. The van der Waals surface area contributed by atoms with Crippen LogP contribution in [0.1, 0.15) is 26.3 Å². The van der Waals surface area contributed by atoms with Crippen molar-refractivity contribution in [1.82, 2.24) is 10.2 Å². The van der Waals surface area contributed by atoms with Gasteiger partial charge in [-0.3, -0.25) is 4.90 Å². The predicted octanol–water partition coefficient (Wildman–Crippen LogP) is 2.20. The molecule has 2 atom stereocenters. The number of rotatable bonds is 2. The molecule has 3 rings (SSSR count). The smallest absolute Gasteiger partial charge is 0.123 e. The number of nitrogens with zero attached hydrogens (tertiary/aromatic N) is 1. The Bertz CT molecular complexity index is 503. The van der Waals surface area contributed by atoms with Gasteiger partial charge >= 0.3 is 0 Å². The average molecular weight is 278 g/mol. The van der Waals surface area contributed by atoms with Crippen molar-refractivity contribution < 1.29 is 9.13 Å². The molecule has 1 fully saturated rings. The number of benzene rings is 1. The largest absolute Gasteiger partial charge is 0.488 e. The maximum atomic E-state index is 13.2. The number of hydrogen-bond donors (Lipinski definition) is 1. The SMILES string of the molecule is CC1CNC(C)(C)CN1CC1Cc2cc(F)ccc2O1. The summed E-state index contributed by atoms with van der Waals surface area (Å²) in [6, 6.07) is 5.32. The van der Waals surface area contributed by atoms with Gasteiger partial charge in [0, 0.05) is 43.2 Å². The van der Waals surface area contributed by atoms with Crippen LogP contribution < -0.4 is 10.1 Å². The fourth-order valence-electron chi connectivity index (χ4n) is 3.17. The summed E-state index contributed by atoms with van der Waals surface area (Å²) in [5.41, 5.74) is 1.14. The standard InChI is InChI=1S/C16H23FN2O/c1-11-8-18-16(2,3)10-19(11)9-14-7-12-6-13(17)4-5-15(12)20-14/h4-6,11,14,18H,7-10H2,1-3H3. The van der Waals surface area contributed by atoms with E-state index >= 15 is 0 Å². The van der Waals surface area contributed by atoms with Crippen molar-refractivity contribution in [2.24, 2.45) is 0 Å². The van der Waals surface area contributed by atoms with E-state index < -0.39 is 0 Å². The van der Waals surface area contributed by atoms with E-state index in [1.807, 2.05) is 0 Å². The fourth-order valence-corrected chi connectivity index (χ4v) is 3.17. The summed E-state index contributed by atoms with van der Waals surface area (Å²) in [6.45, 7) is 9.61. The Kier molecular flexibility index (Phi) is 3.46. The van der Waals surface area contributed by atoms with Gasteiger partial charge < -0.3 is 10.1 Å². The number of nitrogens with one attached hydrogen (secondary N) is 1. The second-order valence-corrected chi connectivity index (χ2v) is 6.74. The fraction of sp³-hybridized carbons (Fsp3) is 0.625. The Morgan fingerprint density at radius 3 is 3.05 bits per heavy atom. The normalized spacial score (nSPS) is 29.0. The van der Waals surface area contributed by atoms with Crippen molar-refractivity contribution in [3.63, 3.8) is 0 Å². The molecule has 0 radical (unpaired) electrons. The third kappa shape index (κ3) is 2.81. The minimum atomic E-state index is -0.176. The minimum absolute atomic E-state index is 0.142. The number of hydrogen-bond acceptors (Lipinski definition) is 3. The highest BCUT2D eigenvalue weighted by molar-refractivity contribution is 5.38. The summed E-state index contributed by atoms with van der Waals surface area (Å²) in [5.74, 6) is 0.670. The zero-order valence-electron chi connectivity index (χ0n) is 12.4. The quantitative estimate of drug-likeness (QED) is 0.897. The molecule has 2 aliphatic heterocycles. The monoisotopic (exact) mass is 278 g/mol. The molecule has 2 aliphatic rings. The summed E-state index contributed by atoms with van der Waals surface area (Å²) in [6.07, 6.45) is 0.951. The highest BCUT2D eigenvalue weighted by Crippen LogP contribution is 2.30. The first-order valence-electron chi connectivity index (χ1n) is 7.37. The van der Waals surface area contributed by atoms with E-state index in [2.05, 4.69) is 31.0 Å². The van der Waals surface area contributed by atoms with E-state index in [0.717, 1.165) is 37.4 Å². The van der Waals surface area contributed by atoms with Crippen LogP contribution in [0.4, 0.5) is 4.39 Å². The van der Waals surface area contributed by atoms with Gasteiger partial charge in [-0.25, -0.2) is 4.39 Å². The Morgan fingerprint density at radius 1 is 1.45 bits per heavy atom. The van der Waals surface area contributed by atoms with Gasteiger partial charge in [-0.1, -0.05) is 0 Å². The van der Waals surface area contributed by atoms with Crippen LogP contribution in [0, 0.1) is 5.82 Å². The Hall–Kier alpha value is -1.13. The first-order chi connectivity index (χ1) is 9.43. The second kappa shape index (κ2) is 5.01. The first kappa shape index (κ1) is 13.8. The molecule has 1 aromatic rings. The maximum absolute atomic E-state index is 13.2. The molecule has 3 nitrogen and oxygen atoms in total. The lowest BCUT2D eigenvalue weighted by molar-refractivity contribution is 0.0652. The molecule has 2 unspecified atom stereocenters. The van der Waals surface area contributed by atoms with Crippen LogP contribution in [-0.2, 0) is 6.42 Å². The average Bonchev–Trinajstić information content (AvgIpc) is 2.75. The Morgan fingerprint density at radius 2 is 2.25 bits per heavy atom. The van der Waals surface area contributed by atoms with Crippen LogP contribution in [0.3, 0.4) is 0 Å². The van der Waals surface area contributed by atoms with E-state index in [9.17, 15) is 4.39 Å². The number of halogens is 1. The van der Waals surface area contributed by atoms with Crippen molar-refractivity contribution in [3.8, 4) is 5.75 Å². The molecule has 0 amide bonds. The molecule has 0 aliphatic carbocycles. The van der Waals surface area contributed by atoms with E-state index in [1.54, 1.807) is 12.1 Å². The molecule has 0 spiro atoms. The lowest BCUT2D eigenvalue weighted by atomic mass is 9.98. The van der Waals surface area contributed by atoms with Crippen LogP contribution >= 0.6 is 0 Å². The van der Waals surface area contributed by atoms with E-state index in [-0.39, 0.29) is 17.5 Å². The second-order valence-electron chi connectivity index (χ2n) is 6.74. The molecular formula is C16H23FN2O. The van der Waals surface area contributed by atoms with Gasteiger partial charge in [0.1, 0.15) is 17.7 Å². The summed E-state index contributed by atoms with van der Waals surface area (Å²) < 4.78 is 19.2. The molecule has 20 heavy (non-hydrogen) atoms. The van der Waals surface area contributed by atoms with Gasteiger partial charge in [-0.05, 0) is 39.0 Å². The summed E-state index contributed by atoms with van der Waals surface area (Å²) in [7, 11) is 0.